The number of pyridine rings is 1. The number of nitrogens with two attached hydrogens (primary N) is 1. The number of aryl methyl sites for hydroxylation is 1. The highest BCUT2D eigenvalue weighted by Crippen LogP contribution is 2.20. The molecule has 0 spiro atoms. The maximum absolute atomic E-state index is 5.84. The third kappa shape index (κ3) is 3.20. The van der Waals surface area contributed by atoms with E-state index in [9.17, 15) is 0 Å². The molecule has 0 aliphatic rings. The van der Waals surface area contributed by atoms with Crippen molar-refractivity contribution in [1.29, 1.82) is 0 Å². The number of nitrogens with one attached hydrogen (secondary N) is 1. The Morgan fingerprint density at radius 1 is 1.41 bits per heavy atom. The molecule has 2 heterocycles. The molecule has 0 amide bonds. The highest BCUT2D eigenvalue weighted by molar-refractivity contribution is 7.11. The fraction of sp³-hybridized carbons (Fsp3) is 0.308. The van der Waals surface area contributed by atoms with Gasteiger partial charge in [0.1, 0.15) is 0 Å². The van der Waals surface area contributed by atoms with Gasteiger partial charge in [0.25, 0.3) is 0 Å². The van der Waals surface area contributed by atoms with Crippen molar-refractivity contribution in [2.75, 3.05) is 11.1 Å². The molecule has 2 rings (SSSR count). The molecule has 2 aromatic rings. The second-order valence-corrected chi connectivity index (χ2v) is 5.60. The van der Waals surface area contributed by atoms with Gasteiger partial charge in [0.15, 0.2) is 0 Å². The highest BCUT2D eigenvalue weighted by Gasteiger charge is 2.07. The van der Waals surface area contributed by atoms with Gasteiger partial charge in [0, 0.05) is 28.4 Å². The van der Waals surface area contributed by atoms with Crippen LogP contribution in [0.2, 0.25) is 0 Å². The van der Waals surface area contributed by atoms with Gasteiger partial charge in [-0.2, -0.15) is 0 Å². The Kier molecular flexibility index (Phi) is 3.64. The fourth-order valence-electron chi connectivity index (χ4n) is 1.75. The molecule has 0 saturated carbocycles. The van der Waals surface area contributed by atoms with E-state index in [2.05, 4.69) is 36.3 Å². The van der Waals surface area contributed by atoms with Gasteiger partial charge in [-0.1, -0.05) is 0 Å². The van der Waals surface area contributed by atoms with E-state index in [4.69, 9.17) is 5.73 Å². The fourth-order valence-corrected chi connectivity index (χ4v) is 2.77. The van der Waals surface area contributed by atoms with Gasteiger partial charge >= 0.3 is 0 Å². The van der Waals surface area contributed by atoms with Gasteiger partial charge in [-0.05, 0) is 32.0 Å². The van der Waals surface area contributed by atoms with Gasteiger partial charge in [0.05, 0.1) is 17.6 Å². The van der Waals surface area contributed by atoms with Crippen molar-refractivity contribution in [3.8, 4) is 0 Å². The number of anilines is 2. The summed E-state index contributed by atoms with van der Waals surface area (Å²) in [5, 5.41) is 3.41. The number of thiophene rings is 1. The van der Waals surface area contributed by atoms with Crippen molar-refractivity contribution in [2.45, 2.75) is 26.3 Å². The molecule has 2 aromatic heterocycles. The zero-order valence-electron chi connectivity index (χ0n) is 10.1. The monoisotopic (exact) mass is 247 g/mol. The standard InChI is InChI=1S/C13H17N3S/c1-9(7-11-4-3-10(2)17-11)16-13-5-6-15-8-12(13)14/h3-6,8-9H,7,14H2,1-2H3,(H,15,16). The summed E-state index contributed by atoms with van der Waals surface area (Å²) >= 11 is 1.85. The first kappa shape index (κ1) is 11.9. The Morgan fingerprint density at radius 2 is 2.24 bits per heavy atom. The van der Waals surface area contributed by atoms with Crippen LogP contribution in [-0.2, 0) is 6.42 Å². The van der Waals surface area contributed by atoms with Crippen molar-refractivity contribution in [1.82, 2.24) is 4.98 Å². The first-order chi connectivity index (χ1) is 8.15. The summed E-state index contributed by atoms with van der Waals surface area (Å²) in [6.07, 6.45) is 4.44. The molecule has 0 radical (unpaired) electrons. The van der Waals surface area contributed by atoms with Gasteiger partial charge < -0.3 is 11.1 Å². The molecule has 0 aromatic carbocycles. The van der Waals surface area contributed by atoms with Crippen molar-refractivity contribution in [2.24, 2.45) is 0 Å². The van der Waals surface area contributed by atoms with E-state index in [1.807, 2.05) is 17.4 Å². The highest BCUT2D eigenvalue weighted by atomic mass is 32.1. The maximum Gasteiger partial charge on any atom is 0.0736 e. The summed E-state index contributed by atoms with van der Waals surface area (Å²) in [5.74, 6) is 0. The van der Waals surface area contributed by atoms with Crippen LogP contribution >= 0.6 is 11.3 Å². The third-order valence-electron chi connectivity index (χ3n) is 2.56. The first-order valence-corrected chi connectivity index (χ1v) is 6.48. The molecule has 0 aliphatic heterocycles. The summed E-state index contributed by atoms with van der Waals surface area (Å²) in [5.41, 5.74) is 7.50. The molecule has 3 N–H and O–H groups in total. The van der Waals surface area contributed by atoms with Crippen molar-refractivity contribution >= 4 is 22.7 Å². The normalized spacial score (nSPS) is 12.4. The number of hydrogen-bond acceptors (Lipinski definition) is 4. The Morgan fingerprint density at radius 3 is 2.88 bits per heavy atom. The summed E-state index contributed by atoms with van der Waals surface area (Å²) in [4.78, 5) is 6.73. The van der Waals surface area contributed by atoms with E-state index in [1.165, 1.54) is 9.75 Å². The van der Waals surface area contributed by atoms with E-state index < -0.39 is 0 Å². The lowest BCUT2D eigenvalue weighted by Crippen LogP contribution is -2.18. The number of rotatable bonds is 4. The van der Waals surface area contributed by atoms with Crippen LogP contribution in [0.15, 0.2) is 30.6 Å². The van der Waals surface area contributed by atoms with E-state index in [-0.39, 0.29) is 0 Å². The van der Waals surface area contributed by atoms with Crippen LogP contribution in [0.3, 0.4) is 0 Å². The lowest BCUT2D eigenvalue weighted by atomic mass is 10.2. The molecule has 4 heteroatoms. The molecule has 1 atom stereocenters. The van der Waals surface area contributed by atoms with E-state index in [1.54, 1.807) is 12.4 Å². The lowest BCUT2D eigenvalue weighted by Gasteiger charge is -2.15. The van der Waals surface area contributed by atoms with E-state index in [0.717, 1.165) is 12.1 Å². The third-order valence-corrected chi connectivity index (χ3v) is 3.58. The number of aromatic nitrogens is 1. The Labute approximate surface area is 106 Å². The van der Waals surface area contributed by atoms with Crippen LogP contribution in [0.5, 0.6) is 0 Å². The number of nitrogens with zero attached hydrogens (tertiary/aromatic N) is 1. The minimum atomic E-state index is 0.359. The van der Waals surface area contributed by atoms with Gasteiger partial charge in [-0.15, -0.1) is 11.3 Å². The second-order valence-electron chi connectivity index (χ2n) is 4.22. The molecule has 0 fully saturated rings. The molecule has 90 valence electrons. The van der Waals surface area contributed by atoms with Crippen LogP contribution in [0.1, 0.15) is 16.7 Å². The minimum absolute atomic E-state index is 0.359. The average Bonchev–Trinajstić information content (AvgIpc) is 2.67. The van der Waals surface area contributed by atoms with Crippen LogP contribution in [-0.4, -0.2) is 11.0 Å². The zero-order chi connectivity index (χ0) is 12.3. The van der Waals surface area contributed by atoms with E-state index >= 15 is 0 Å². The van der Waals surface area contributed by atoms with E-state index in [0.29, 0.717) is 11.7 Å². The number of nitrogen functional groups attached to an aromatic ring is 1. The lowest BCUT2D eigenvalue weighted by molar-refractivity contribution is 0.801. The maximum atomic E-state index is 5.84. The predicted molar refractivity (Wildman–Crippen MR) is 74.5 cm³/mol. The summed E-state index contributed by atoms with van der Waals surface area (Å²) in [6, 6.07) is 6.62. The molecule has 3 nitrogen and oxygen atoms in total. The molecule has 0 bridgehead atoms. The number of hydrogen-bond donors (Lipinski definition) is 2. The molecule has 17 heavy (non-hydrogen) atoms. The molecule has 0 aliphatic carbocycles. The largest absolute Gasteiger partial charge is 0.396 e. The SMILES string of the molecule is Cc1ccc(CC(C)Nc2ccncc2N)s1. The molecular formula is C13H17N3S. The van der Waals surface area contributed by atoms with Gasteiger partial charge in [0.2, 0.25) is 0 Å². The minimum Gasteiger partial charge on any atom is -0.396 e. The van der Waals surface area contributed by atoms with Crippen LogP contribution in [0, 0.1) is 6.92 Å². The van der Waals surface area contributed by atoms with Crippen LogP contribution in [0.25, 0.3) is 0 Å². The first-order valence-electron chi connectivity index (χ1n) is 5.66. The Hall–Kier alpha value is -1.55. The van der Waals surface area contributed by atoms with Gasteiger partial charge in [-0.25, -0.2) is 0 Å². The Bertz CT molecular complexity index is 493. The second kappa shape index (κ2) is 5.19. The predicted octanol–water partition coefficient (Wildman–Crippen LogP) is 3.08. The quantitative estimate of drug-likeness (QED) is 0.873. The molecule has 1 unspecified atom stereocenters. The molecular weight excluding hydrogens is 230 g/mol. The zero-order valence-corrected chi connectivity index (χ0v) is 10.9. The van der Waals surface area contributed by atoms with Crippen LogP contribution < -0.4 is 11.1 Å². The van der Waals surface area contributed by atoms with Crippen molar-refractivity contribution in [3.63, 3.8) is 0 Å². The topological polar surface area (TPSA) is 50.9 Å². The Balaban J connectivity index is 1.98. The summed E-state index contributed by atoms with van der Waals surface area (Å²) in [6.45, 7) is 4.29. The van der Waals surface area contributed by atoms with Crippen molar-refractivity contribution in [3.05, 3.63) is 40.3 Å². The summed E-state index contributed by atoms with van der Waals surface area (Å²) in [7, 11) is 0. The van der Waals surface area contributed by atoms with Gasteiger partial charge in [-0.3, -0.25) is 4.98 Å². The van der Waals surface area contributed by atoms with Crippen molar-refractivity contribution < 1.29 is 0 Å². The van der Waals surface area contributed by atoms with Crippen LogP contribution in [0.4, 0.5) is 11.4 Å². The summed E-state index contributed by atoms with van der Waals surface area (Å²) < 4.78 is 0. The average molecular weight is 247 g/mol. The molecule has 0 saturated heterocycles. The smallest absolute Gasteiger partial charge is 0.0736 e.